The fraction of sp³-hybridized carbons (Fsp3) is 0.300. The number of anilines is 1. The molecule has 0 spiro atoms. The number of nitrogens with zero attached hydrogens (tertiary/aromatic N) is 1. The summed E-state index contributed by atoms with van der Waals surface area (Å²) in [6, 6.07) is 11.1. The van der Waals surface area contributed by atoms with Crippen molar-refractivity contribution in [1.82, 2.24) is 4.90 Å². The molecule has 144 valence electrons. The summed E-state index contributed by atoms with van der Waals surface area (Å²) >= 11 is 5.89. The van der Waals surface area contributed by atoms with Crippen LogP contribution in [-0.4, -0.2) is 36.4 Å². The van der Waals surface area contributed by atoms with Gasteiger partial charge < -0.3 is 15.0 Å². The van der Waals surface area contributed by atoms with Crippen molar-refractivity contribution in [2.24, 2.45) is 0 Å². The van der Waals surface area contributed by atoms with E-state index in [1.54, 1.807) is 6.07 Å². The third-order valence-electron chi connectivity index (χ3n) is 3.84. The summed E-state index contributed by atoms with van der Waals surface area (Å²) < 4.78 is 18.4. The Kier molecular flexibility index (Phi) is 7.61. The highest BCUT2D eigenvalue weighted by atomic mass is 35.5. The first-order chi connectivity index (χ1) is 12.9. The van der Waals surface area contributed by atoms with Gasteiger partial charge in [0.1, 0.15) is 11.6 Å². The van der Waals surface area contributed by atoms with Crippen LogP contribution in [0.3, 0.4) is 0 Å². The summed E-state index contributed by atoms with van der Waals surface area (Å²) in [5.74, 6) is -0.908. The van der Waals surface area contributed by atoms with E-state index in [1.165, 1.54) is 17.0 Å². The molecule has 1 N–H and O–H groups in total. The lowest BCUT2D eigenvalue weighted by Gasteiger charge is -2.22. The molecule has 0 heterocycles. The van der Waals surface area contributed by atoms with Gasteiger partial charge in [-0.15, -0.1) is 0 Å². The van der Waals surface area contributed by atoms with Crippen molar-refractivity contribution >= 4 is 29.1 Å². The van der Waals surface area contributed by atoms with Gasteiger partial charge in [-0.3, -0.25) is 9.59 Å². The van der Waals surface area contributed by atoms with Gasteiger partial charge in [0.2, 0.25) is 5.91 Å². The van der Waals surface area contributed by atoms with E-state index < -0.39 is 5.82 Å². The Bertz CT molecular complexity index is 814. The molecule has 7 heteroatoms. The number of hydrogen-bond acceptors (Lipinski definition) is 3. The smallest absolute Gasteiger partial charge is 0.260 e. The molecule has 0 aliphatic heterocycles. The van der Waals surface area contributed by atoms with Gasteiger partial charge >= 0.3 is 0 Å². The molecular weight excluding hydrogens is 371 g/mol. The van der Waals surface area contributed by atoms with Crippen molar-refractivity contribution in [3.05, 3.63) is 58.9 Å². The molecule has 0 bridgehead atoms. The molecule has 0 fully saturated rings. The van der Waals surface area contributed by atoms with Gasteiger partial charge in [0, 0.05) is 12.2 Å². The molecule has 0 saturated heterocycles. The second-order valence-corrected chi connectivity index (χ2v) is 6.45. The van der Waals surface area contributed by atoms with Gasteiger partial charge in [-0.1, -0.05) is 36.7 Å². The van der Waals surface area contributed by atoms with Gasteiger partial charge in [0.25, 0.3) is 5.91 Å². The van der Waals surface area contributed by atoms with E-state index in [-0.39, 0.29) is 35.7 Å². The molecule has 0 aliphatic rings. The highest BCUT2D eigenvalue weighted by Gasteiger charge is 2.18. The zero-order chi connectivity index (χ0) is 19.8. The number of hydrogen-bond donors (Lipinski definition) is 1. The van der Waals surface area contributed by atoms with Crippen molar-refractivity contribution in [3.8, 4) is 5.75 Å². The van der Waals surface area contributed by atoms with Crippen LogP contribution in [0.15, 0.2) is 42.5 Å². The molecule has 0 aromatic heterocycles. The number of amides is 2. The maximum atomic E-state index is 13.1. The predicted molar refractivity (Wildman–Crippen MR) is 104 cm³/mol. The molecule has 2 rings (SSSR count). The van der Waals surface area contributed by atoms with Crippen LogP contribution >= 0.6 is 11.6 Å². The van der Waals surface area contributed by atoms with Gasteiger partial charge in [-0.05, 0) is 43.2 Å². The molecule has 0 aliphatic carbocycles. The average Bonchev–Trinajstić information content (AvgIpc) is 2.62. The summed E-state index contributed by atoms with van der Waals surface area (Å²) in [5, 5.41) is 2.89. The van der Waals surface area contributed by atoms with E-state index in [4.69, 9.17) is 16.3 Å². The van der Waals surface area contributed by atoms with Gasteiger partial charge in [-0.2, -0.15) is 0 Å². The highest BCUT2D eigenvalue weighted by molar-refractivity contribution is 6.32. The van der Waals surface area contributed by atoms with Crippen molar-refractivity contribution in [3.63, 3.8) is 0 Å². The van der Waals surface area contributed by atoms with Crippen LogP contribution in [0.4, 0.5) is 10.1 Å². The Morgan fingerprint density at radius 1 is 1.22 bits per heavy atom. The SMILES string of the molecule is CCCN(CC(=O)Nc1ccccc1C)C(=O)COc1ccc(F)cc1Cl. The number of para-hydroxylation sites is 1. The fourth-order valence-electron chi connectivity index (χ4n) is 2.46. The normalized spacial score (nSPS) is 10.4. The predicted octanol–water partition coefficient (Wildman–Crippen LogP) is 4.04. The first-order valence-electron chi connectivity index (χ1n) is 8.61. The minimum atomic E-state index is -0.487. The minimum Gasteiger partial charge on any atom is -0.482 e. The van der Waals surface area contributed by atoms with Crippen molar-refractivity contribution in [2.45, 2.75) is 20.3 Å². The number of benzene rings is 2. The van der Waals surface area contributed by atoms with E-state index in [1.807, 2.05) is 32.0 Å². The number of carbonyl (C=O) groups is 2. The molecule has 27 heavy (non-hydrogen) atoms. The maximum absolute atomic E-state index is 13.1. The Labute approximate surface area is 163 Å². The van der Waals surface area contributed by atoms with Crippen LogP contribution in [0.2, 0.25) is 5.02 Å². The van der Waals surface area contributed by atoms with E-state index in [0.717, 1.165) is 11.6 Å². The summed E-state index contributed by atoms with van der Waals surface area (Å²) in [6.07, 6.45) is 0.695. The second kappa shape index (κ2) is 9.92. The van der Waals surface area contributed by atoms with E-state index >= 15 is 0 Å². The lowest BCUT2D eigenvalue weighted by atomic mass is 10.2. The Morgan fingerprint density at radius 3 is 2.63 bits per heavy atom. The van der Waals surface area contributed by atoms with Gasteiger partial charge in [0.15, 0.2) is 6.61 Å². The van der Waals surface area contributed by atoms with Crippen LogP contribution in [0.25, 0.3) is 0 Å². The summed E-state index contributed by atoms with van der Waals surface area (Å²) in [7, 11) is 0. The number of ether oxygens (including phenoxy) is 1. The first kappa shape index (κ1) is 20.7. The molecule has 0 saturated carbocycles. The summed E-state index contributed by atoms with van der Waals surface area (Å²) in [6.45, 7) is 3.85. The third kappa shape index (κ3) is 6.25. The van der Waals surface area contributed by atoms with Crippen molar-refractivity contribution in [1.29, 1.82) is 0 Å². The first-order valence-corrected chi connectivity index (χ1v) is 8.99. The van der Waals surface area contributed by atoms with E-state index in [0.29, 0.717) is 18.7 Å². The van der Waals surface area contributed by atoms with E-state index in [2.05, 4.69) is 5.32 Å². The molecule has 0 atom stereocenters. The molecule has 2 amide bonds. The quantitative estimate of drug-likeness (QED) is 0.737. The molecule has 2 aromatic rings. The molecule has 5 nitrogen and oxygen atoms in total. The number of aryl methyl sites for hydroxylation is 1. The fourth-order valence-corrected chi connectivity index (χ4v) is 2.68. The average molecular weight is 393 g/mol. The van der Waals surface area contributed by atoms with Crippen LogP contribution in [0.1, 0.15) is 18.9 Å². The van der Waals surface area contributed by atoms with Crippen LogP contribution in [0.5, 0.6) is 5.75 Å². The zero-order valence-corrected chi connectivity index (χ0v) is 16.1. The van der Waals surface area contributed by atoms with Crippen LogP contribution in [-0.2, 0) is 9.59 Å². The summed E-state index contributed by atoms with van der Waals surface area (Å²) in [4.78, 5) is 26.2. The highest BCUT2D eigenvalue weighted by Crippen LogP contribution is 2.24. The number of rotatable bonds is 8. The standard InChI is InChI=1S/C20H22ClFN2O3/c1-3-10-24(12-19(25)23-17-7-5-4-6-14(17)2)20(26)13-27-18-9-8-15(22)11-16(18)21/h4-9,11H,3,10,12-13H2,1-2H3,(H,23,25). The molecule has 0 unspecified atom stereocenters. The lowest BCUT2D eigenvalue weighted by Crippen LogP contribution is -2.41. The number of carbonyl (C=O) groups excluding carboxylic acids is 2. The monoisotopic (exact) mass is 392 g/mol. The minimum absolute atomic E-state index is 0.0818. The van der Waals surface area contributed by atoms with Crippen LogP contribution < -0.4 is 10.1 Å². The Hall–Kier alpha value is -2.60. The maximum Gasteiger partial charge on any atom is 0.260 e. The molecule has 0 radical (unpaired) electrons. The topological polar surface area (TPSA) is 58.6 Å². The van der Waals surface area contributed by atoms with E-state index in [9.17, 15) is 14.0 Å². The number of nitrogens with one attached hydrogen (secondary N) is 1. The van der Waals surface area contributed by atoms with Crippen molar-refractivity contribution in [2.75, 3.05) is 25.0 Å². The largest absolute Gasteiger partial charge is 0.482 e. The molecule has 2 aromatic carbocycles. The number of halogens is 2. The van der Waals surface area contributed by atoms with Gasteiger partial charge in [-0.25, -0.2) is 4.39 Å². The van der Waals surface area contributed by atoms with Crippen LogP contribution in [0, 0.1) is 12.7 Å². The Morgan fingerprint density at radius 2 is 1.96 bits per heavy atom. The summed E-state index contributed by atoms with van der Waals surface area (Å²) in [5.41, 5.74) is 1.65. The second-order valence-electron chi connectivity index (χ2n) is 6.04. The zero-order valence-electron chi connectivity index (χ0n) is 15.3. The molecular formula is C20H22ClFN2O3. The third-order valence-corrected chi connectivity index (χ3v) is 4.14. The Balaban J connectivity index is 1.95. The van der Waals surface area contributed by atoms with Crippen molar-refractivity contribution < 1.29 is 18.7 Å². The van der Waals surface area contributed by atoms with Gasteiger partial charge in [0.05, 0.1) is 11.6 Å². The lowest BCUT2D eigenvalue weighted by molar-refractivity contribution is -0.136.